The quantitative estimate of drug-likeness (QED) is 0.0540. The van der Waals surface area contributed by atoms with Gasteiger partial charge in [-0.2, -0.15) is 0 Å². The van der Waals surface area contributed by atoms with Gasteiger partial charge in [-0.1, -0.05) is 0 Å². The molecule has 59 heavy (non-hydrogen) atoms. The molecule has 2 aliphatic carbocycles. The molecule has 24 N–H and O–H groups in total. The first-order valence-electron chi connectivity index (χ1n) is 20.4. The zero-order valence-electron chi connectivity index (χ0n) is 34.0. The number of aliphatic hydroxyl groups is 8. The van der Waals surface area contributed by atoms with Gasteiger partial charge in [0.1, 0.15) is 61.0 Å². The maximum Gasteiger partial charge on any atom is 0.176 e. The maximum atomic E-state index is 10.9. The van der Waals surface area contributed by atoms with Gasteiger partial charge in [0.05, 0.1) is 49.7 Å². The number of likely N-dealkylation sites (N-methyl/N-ethyl adjacent to an activating group) is 2. The van der Waals surface area contributed by atoms with Crippen LogP contribution in [-0.2, 0) is 28.4 Å². The largest absolute Gasteiger partial charge is 0.389 e. The lowest BCUT2D eigenvalue weighted by molar-refractivity contribution is -0.292. The number of rotatable bonds is 20. The summed E-state index contributed by atoms with van der Waals surface area (Å²) < 4.78 is 35.4. The standard InChI is InChI=1S/C35H74N10O14/c1-44(10-14(46)12-54-32-24(48)16(38)6-18(40)30(32)58-34-22(42)28(52)26(50)20(8-36)56-34)4-3-5-45(2)11-15(47)13-55-33-25(49)17(39)7-19(41)31(33)59-35-23(43)29(53)27(51)21(9-37)57-35/h14-35,46-53H,3-13,36-43H2,1-2H3/t14-,15-,16-,17+,18+,19-,20-,21+,22-,23+,24+,25-,26-,27+,28-,29+,30-,31+,32?,33?,34-,35+/m1/s1. The van der Waals surface area contributed by atoms with Crippen molar-refractivity contribution < 1.29 is 69.3 Å². The molecule has 24 heteroatoms. The fourth-order valence-electron chi connectivity index (χ4n) is 8.19. The second-order valence-electron chi connectivity index (χ2n) is 16.8. The van der Waals surface area contributed by atoms with E-state index in [0.717, 1.165) is 0 Å². The van der Waals surface area contributed by atoms with Gasteiger partial charge in [0, 0.05) is 50.3 Å². The van der Waals surface area contributed by atoms with Crippen LogP contribution in [-0.4, -0.2) is 252 Å². The Bertz CT molecular complexity index is 1140. The first-order valence-corrected chi connectivity index (χ1v) is 20.4. The summed E-state index contributed by atoms with van der Waals surface area (Å²) in [4.78, 5) is 3.79. The van der Waals surface area contributed by atoms with Crippen molar-refractivity contribution in [3.63, 3.8) is 0 Å². The molecule has 4 fully saturated rings. The normalized spacial score (nSPS) is 44.5. The van der Waals surface area contributed by atoms with Gasteiger partial charge in [0.2, 0.25) is 0 Å². The molecule has 0 spiro atoms. The van der Waals surface area contributed by atoms with Gasteiger partial charge in [-0.05, 0) is 46.4 Å². The molecule has 0 aromatic carbocycles. The van der Waals surface area contributed by atoms with Crippen LogP contribution in [0.2, 0.25) is 0 Å². The molecule has 24 nitrogen and oxygen atoms in total. The molecule has 0 aromatic heterocycles. The Kier molecular flexibility index (Phi) is 19.9. The average Bonchev–Trinajstić information content (AvgIpc) is 3.18. The molecule has 0 bridgehead atoms. The monoisotopic (exact) mass is 859 g/mol. The Balaban J connectivity index is 1.20. The van der Waals surface area contributed by atoms with E-state index in [4.69, 9.17) is 74.3 Å². The first-order chi connectivity index (χ1) is 27.8. The Morgan fingerprint density at radius 1 is 0.542 bits per heavy atom. The highest BCUT2D eigenvalue weighted by atomic mass is 16.7. The molecular formula is C35H74N10O14. The topological polar surface area (TPSA) is 432 Å². The highest BCUT2D eigenvalue weighted by Gasteiger charge is 2.50. The molecule has 2 heterocycles. The summed E-state index contributed by atoms with van der Waals surface area (Å²) in [6.45, 7) is 0.961. The van der Waals surface area contributed by atoms with Crippen LogP contribution in [0.4, 0.5) is 0 Å². The molecule has 2 aliphatic heterocycles. The van der Waals surface area contributed by atoms with E-state index in [1.165, 1.54) is 0 Å². The number of ether oxygens (including phenoxy) is 6. The molecule has 4 aliphatic rings. The molecular weight excluding hydrogens is 784 g/mol. The molecule has 2 saturated heterocycles. The predicted octanol–water partition coefficient (Wildman–Crippen LogP) is -10.2. The first kappa shape index (κ1) is 50.7. The van der Waals surface area contributed by atoms with E-state index < -0.39 is 134 Å². The summed E-state index contributed by atoms with van der Waals surface area (Å²) in [7, 11) is 3.64. The molecule has 0 amide bonds. The van der Waals surface area contributed by atoms with Crippen LogP contribution in [0.5, 0.6) is 0 Å². The summed E-state index contributed by atoms with van der Waals surface area (Å²) in [5, 5.41) is 84.9. The highest BCUT2D eigenvalue weighted by Crippen LogP contribution is 2.30. The van der Waals surface area contributed by atoms with Crippen LogP contribution in [0.15, 0.2) is 0 Å². The van der Waals surface area contributed by atoms with Crippen molar-refractivity contribution in [3.05, 3.63) is 0 Å². The van der Waals surface area contributed by atoms with E-state index in [1.807, 2.05) is 23.9 Å². The molecule has 348 valence electrons. The van der Waals surface area contributed by atoms with Crippen molar-refractivity contribution in [2.24, 2.45) is 45.9 Å². The minimum absolute atomic E-state index is 0.108. The highest BCUT2D eigenvalue weighted by molar-refractivity contribution is 5.02. The lowest BCUT2D eigenvalue weighted by Gasteiger charge is -2.47. The minimum Gasteiger partial charge on any atom is -0.389 e. The van der Waals surface area contributed by atoms with Gasteiger partial charge < -0.3 is 125 Å². The van der Waals surface area contributed by atoms with Gasteiger partial charge in [-0.3, -0.25) is 0 Å². The van der Waals surface area contributed by atoms with Crippen molar-refractivity contribution in [3.8, 4) is 0 Å². The van der Waals surface area contributed by atoms with E-state index in [9.17, 15) is 40.9 Å². The van der Waals surface area contributed by atoms with Crippen molar-refractivity contribution in [2.45, 2.75) is 154 Å². The number of hydrogen-bond donors (Lipinski definition) is 16. The van der Waals surface area contributed by atoms with E-state index in [2.05, 4.69) is 0 Å². The number of hydrogen-bond acceptors (Lipinski definition) is 24. The lowest BCUT2D eigenvalue weighted by Crippen LogP contribution is -2.68. The van der Waals surface area contributed by atoms with Crippen LogP contribution in [0, 0.1) is 0 Å². The summed E-state index contributed by atoms with van der Waals surface area (Å²) in [5.41, 5.74) is 48.5. The second kappa shape index (κ2) is 23.1. The van der Waals surface area contributed by atoms with Crippen LogP contribution in [0.1, 0.15) is 19.3 Å². The molecule has 0 aromatic rings. The van der Waals surface area contributed by atoms with Crippen molar-refractivity contribution in [2.75, 3.05) is 66.6 Å². The summed E-state index contributed by atoms with van der Waals surface area (Å²) in [6.07, 6.45) is -17.2. The molecule has 22 atom stereocenters. The third-order valence-electron chi connectivity index (χ3n) is 11.8. The average molecular weight is 859 g/mol. The van der Waals surface area contributed by atoms with Crippen molar-refractivity contribution >= 4 is 0 Å². The number of nitrogens with two attached hydrogens (primary N) is 8. The number of aliphatic hydroxyl groups excluding tert-OH is 8. The summed E-state index contributed by atoms with van der Waals surface area (Å²) >= 11 is 0. The minimum atomic E-state index is -1.38. The molecule has 2 unspecified atom stereocenters. The van der Waals surface area contributed by atoms with Crippen LogP contribution >= 0.6 is 0 Å². The maximum absolute atomic E-state index is 10.9. The summed E-state index contributed by atoms with van der Waals surface area (Å²) in [6, 6.07) is -5.18. The Labute approximate surface area is 344 Å². The van der Waals surface area contributed by atoms with Crippen molar-refractivity contribution in [1.29, 1.82) is 0 Å². The van der Waals surface area contributed by atoms with Crippen LogP contribution in [0.3, 0.4) is 0 Å². The van der Waals surface area contributed by atoms with Gasteiger partial charge in [-0.25, -0.2) is 0 Å². The predicted molar refractivity (Wildman–Crippen MR) is 209 cm³/mol. The van der Waals surface area contributed by atoms with Crippen LogP contribution < -0.4 is 45.9 Å². The smallest absolute Gasteiger partial charge is 0.176 e. The second-order valence-corrected chi connectivity index (χ2v) is 16.8. The van der Waals surface area contributed by atoms with Gasteiger partial charge in [0.25, 0.3) is 0 Å². The SMILES string of the molecule is CN(CCCN(C)C[C@@H](O)COC1[C@@H](O)[C@H](N)C[C@H](N)[C@H]1O[C@H]1O[C@H](CN)[C@@H](O)[C@H](O)[C@H]1N)C[C@@H](O)COC1[C@@H](O[C@@H]2O[C@@H](CN)[C@H](O)[C@@H](O)[C@@H]2N)[C@H](N)C[C@H](N)[C@H]1O. The van der Waals surface area contributed by atoms with E-state index in [-0.39, 0.29) is 52.2 Å². The van der Waals surface area contributed by atoms with Gasteiger partial charge in [0.15, 0.2) is 12.6 Å². The zero-order valence-corrected chi connectivity index (χ0v) is 34.0. The van der Waals surface area contributed by atoms with Crippen molar-refractivity contribution in [1.82, 2.24) is 9.80 Å². The third-order valence-corrected chi connectivity index (χ3v) is 11.8. The number of nitrogens with zero attached hydrogens (tertiary/aromatic N) is 2. The van der Waals surface area contributed by atoms with Gasteiger partial charge >= 0.3 is 0 Å². The Hall–Kier alpha value is -0.960. The Morgan fingerprint density at radius 2 is 0.898 bits per heavy atom. The summed E-state index contributed by atoms with van der Waals surface area (Å²) in [5.74, 6) is 0. The molecule has 2 saturated carbocycles. The van der Waals surface area contributed by atoms with E-state index >= 15 is 0 Å². The lowest BCUT2D eigenvalue weighted by atomic mass is 9.84. The fraction of sp³-hybridized carbons (Fsp3) is 1.00. The molecule has 4 rings (SSSR count). The van der Waals surface area contributed by atoms with E-state index in [0.29, 0.717) is 19.5 Å². The molecule has 0 radical (unpaired) electrons. The van der Waals surface area contributed by atoms with E-state index in [1.54, 1.807) is 0 Å². The zero-order chi connectivity index (χ0) is 43.9. The van der Waals surface area contributed by atoms with Gasteiger partial charge in [-0.15, -0.1) is 0 Å². The third kappa shape index (κ3) is 13.1. The Morgan fingerprint density at radius 3 is 1.24 bits per heavy atom. The fourth-order valence-corrected chi connectivity index (χ4v) is 8.19. The van der Waals surface area contributed by atoms with Crippen LogP contribution in [0.25, 0.3) is 0 Å².